The van der Waals surface area contributed by atoms with E-state index in [1.165, 1.54) is 12.1 Å². The number of nitrogen functional groups attached to an aromatic ring is 1. The van der Waals surface area contributed by atoms with Gasteiger partial charge in [-0.25, -0.2) is 9.59 Å². The molecule has 0 atom stereocenters. The number of pyridine rings is 1. The van der Waals surface area contributed by atoms with Crippen LogP contribution in [0.4, 0.5) is 5.82 Å². The zero-order valence-electron chi connectivity index (χ0n) is 13.9. The van der Waals surface area contributed by atoms with Crippen molar-refractivity contribution in [3.8, 4) is 16.9 Å². The highest BCUT2D eigenvalue weighted by Crippen LogP contribution is 2.32. The second kappa shape index (κ2) is 6.31. The summed E-state index contributed by atoms with van der Waals surface area (Å²) in [4.78, 5) is 37.2. The molecule has 0 amide bonds. The molecule has 0 bridgehead atoms. The molecule has 2 rings (SSSR count). The Kier molecular flexibility index (Phi) is 4.56. The van der Waals surface area contributed by atoms with Crippen molar-refractivity contribution >= 4 is 17.8 Å². The van der Waals surface area contributed by atoms with E-state index in [0.29, 0.717) is 5.75 Å². The standard InChI is InChI=1S/C17H18N2O6/c1-17(2,3)25-9-6-4-5-8(7-9)10-11(15(21)22)13(18)19-14(20)12(10)16(23)24/h4-7H,1-3H3,(H,21,22)(H,23,24)(H3,18,19,20). The van der Waals surface area contributed by atoms with Crippen LogP contribution in [0.3, 0.4) is 0 Å². The molecule has 0 unspecified atom stereocenters. The van der Waals surface area contributed by atoms with Crippen LogP contribution in [-0.2, 0) is 0 Å². The highest BCUT2D eigenvalue weighted by atomic mass is 16.5. The summed E-state index contributed by atoms with van der Waals surface area (Å²) in [5, 5.41) is 18.8. The lowest BCUT2D eigenvalue weighted by Gasteiger charge is -2.22. The van der Waals surface area contributed by atoms with Gasteiger partial charge in [-0.1, -0.05) is 12.1 Å². The van der Waals surface area contributed by atoms with Crippen molar-refractivity contribution in [2.45, 2.75) is 26.4 Å². The number of aromatic carboxylic acids is 2. The fourth-order valence-corrected chi connectivity index (χ4v) is 2.40. The molecule has 0 saturated heterocycles. The molecule has 0 spiro atoms. The Morgan fingerprint density at radius 2 is 1.72 bits per heavy atom. The first kappa shape index (κ1) is 18.1. The minimum absolute atomic E-state index is 0.203. The Bertz CT molecular complexity index is 908. The van der Waals surface area contributed by atoms with Gasteiger partial charge in [0.25, 0.3) is 5.56 Å². The number of carboxylic acids is 2. The number of benzene rings is 1. The molecule has 1 heterocycles. The monoisotopic (exact) mass is 346 g/mol. The van der Waals surface area contributed by atoms with E-state index in [1.54, 1.807) is 12.1 Å². The Morgan fingerprint density at radius 1 is 1.12 bits per heavy atom. The summed E-state index contributed by atoms with van der Waals surface area (Å²) in [7, 11) is 0. The highest BCUT2D eigenvalue weighted by Gasteiger charge is 2.27. The molecule has 0 aliphatic heterocycles. The number of carbonyl (C=O) groups is 2. The number of hydrogen-bond acceptors (Lipinski definition) is 5. The minimum atomic E-state index is -1.55. The van der Waals surface area contributed by atoms with Gasteiger partial charge in [0.15, 0.2) is 0 Å². The normalized spacial score (nSPS) is 11.2. The molecule has 0 fully saturated rings. The lowest BCUT2D eigenvalue weighted by atomic mass is 9.95. The predicted molar refractivity (Wildman–Crippen MR) is 91.2 cm³/mol. The third-order valence-corrected chi connectivity index (χ3v) is 3.22. The number of carboxylic acid groups (broad SMARTS) is 2. The fraction of sp³-hybridized carbons (Fsp3) is 0.235. The summed E-state index contributed by atoms with van der Waals surface area (Å²) in [6.07, 6.45) is 0. The number of aromatic nitrogens is 1. The van der Waals surface area contributed by atoms with E-state index in [4.69, 9.17) is 10.5 Å². The average Bonchev–Trinajstić information content (AvgIpc) is 2.43. The number of nitrogens with one attached hydrogen (secondary N) is 1. The quantitative estimate of drug-likeness (QED) is 0.664. The van der Waals surface area contributed by atoms with Gasteiger partial charge in [0.1, 0.15) is 28.3 Å². The summed E-state index contributed by atoms with van der Waals surface area (Å²) >= 11 is 0. The van der Waals surface area contributed by atoms with Crippen molar-refractivity contribution in [1.29, 1.82) is 0 Å². The summed E-state index contributed by atoms with van der Waals surface area (Å²) in [6, 6.07) is 6.18. The van der Waals surface area contributed by atoms with Gasteiger partial charge in [0, 0.05) is 5.56 Å². The molecule has 25 heavy (non-hydrogen) atoms. The van der Waals surface area contributed by atoms with Crippen molar-refractivity contribution in [1.82, 2.24) is 4.98 Å². The van der Waals surface area contributed by atoms with Gasteiger partial charge in [0.05, 0.1) is 0 Å². The Hall–Kier alpha value is -3.29. The van der Waals surface area contributed by atoms with Crippen molar-refractivity contribution in [2.24, 2.45) is 0 Å². The van der Waals surface area contributed by atoms with E-state index in [-0.39, 0.29) is 11.1 Å². The summed E-state index contributed by atoms with van der Waals surface area (Å²) < 4.78 is 5.71. The third-order valence-electron chi connectivity index (χ3n) is 3.22. The number of anilines is 1. The first-order valence-corrected chi connectivity index (χ1v) is 7.33. The van der Waals surface area contributed by atoms with Crippen molar-refractivity contribution in [3.05, 3.63) is 45.7 Å². The SMILES string of the molecule is CC(C)(C)Oc1cccc(-c2c(C(=O)O)c(N)[nH]c(=O)c2C(=O)O)c1. The van der Waals surface area contributed by atoms with Crippen LogP contribution in [0.15, 0.2) is 29.1 Å². The van der Waals surface area contributed by atoms with Crippen molar-refractivity contribution < 1.29 is 24.5 Å². The van der Waals surface area contributed by atoms with E-state index in [2.05, 4.69) is 4.98 Å². The maximum absolute atomic E-state index is 12.0. The molecule has 8 nitrogen and oxygen atoms in total. The molecule has 132 valence electrons. The van der Waals surface area contributed by atoms with E-state index in [0.717, 1.165) is 0 Å². The number of aromatic amines is 1. The van der Waals surface area contributed by atoms with E-state index < -0.39 is 40.0 Å². The van der Waals surface area contributed by atoms with Crippen LogP contribution in [0, 0.1) is 0 Å². The van der Waals surface area contributed by atoms with E-state index >= 15 is 0 Å². The van der Waals surface area contributed by atoms with Crippen LogP contribution in [0.1, 0.15) is 41.5 Å². The Labute approximate surface area is 142 Å². The van der Waals surface area contributed by atoms with Crippen LogP contribution in [-0.4, -0.2) is 32.7 Å². The second-order valence-electron chi connectivity index (χ2n) is 6.35. The van der Waals surface area contributed by atoms with Gasteiger partial charge in [0.2, 0.25) is 0 Å². The number of ether oxygens (including phenoxy) is 1. The minimum Gasteiger partial charge on any atom is -0.488 e. The molecule has 2 aromatic rings. The number of nitrogens with two attached hydrogens (primary N) is 1. The van der Waals surface area contributed by atoms with Gasteiger partial charge < -0.3 is 25.7 Å². The van der Waals surface area contributed by atoms with Crippen LogP contribution in [0.5, 0.6) is 5.75 Å². The van der Waals surface area contributed by atoms with E-state index in [9.17, 15) is 24.6 Å². The molecule has 1 aromatic heterocycles. The number of rotatable bonds is 4. The predicted octanol–water partition coefficient (Wildman–Crippen LogP) is 2.20. The Morgan fingerprint density at radius 3 is 2.24 bits per heavy atom. The van der Waals surface area contributed by atoms with Gasteiger partial charge in [-0.05, 0) is 38.5 Å². The summed E-state index contributed by atoms with van der Waals surface area (Å²) in [6.45, 7) is 5.49. The van der Waals surface area contributed by atoms with E-state index in [1.807, 2.05) is 20.8 Å². The molecule has 0 saturated carbocycles. The van der Waals surface area contributed by atoms with Gasteiger partial charge in [-0.2, -0.15) is 0 Å². The van der Waals surface area contributed by atoms with Crippen molar-refractivity contribution in [3.63, 3.8) is 0 Å². The molecule has 5 N–H and O–H groups in total. The van der Waals surface area contributed by atoms with Crippen LogP contribution in [0.25, 0.3) is 11.1 Å². The lowest BCUT2D eigenvalue weighted by Crippen LogP contribution is -2.24. The van der Waals surface area contributed by atoms with Gasteiger partial charge >= 0.3 is 11.9 Å². The molecule has 8 heteroatoms. The molecular weight excluding hydrogens is 328 g/mol. The maximum Gasteiger partial charge on any atom is 0.342 e. The lowest BCUT2D eigenvalue weighted by molar-refractivity contribution is 0.0695. The van der Waals surface area contributed by atoms with Crippen LogP contribution >= 0.6 is 0 Å². The summed E-state index contributed by atoms with van der Waals surface area (Å²) in [5.74, 6) is -3.02. The van der Waals surface area contributed by atoms with Gasteiger partial charge in [-0.3, -0.25) is 4.79 Å². The summed E-state index contributed by atoms with van der Waals surface area (Å²) in [5.41, 5.74) is 2.88. The topological polar surface area (TPSA) is 143 Å². The Balaban J connectivity index is 2.82. The maximum atomic E-state index is 12.0. The first-order valence-electron chi connectivity index (χ1n) is 7.33. The molecule has 0 aliphatic rings. The fourth-order valence-electron chi connectivity index (χ4n) is 2.40. The zero-order valence-corrected chi connectivity index (χ0v) is 13.9. The number of hydrogen-bond donors (Lipinski definition) is 4. The molecule has 0 radical (unpaired) electrons. The molecular formula is C17H18N2O6. The first-order chi connectivity index (χ1) is 11.5. The van der Waals surface area contributed by atoms with Crippen molar-refractivity contribution in [2.75, 3.05) is 5.73 Å². The van der Waals surface area contributed by atoms with Gasteiger partial charge in [-0.15, -0.1) is 0 Å². The second-order valence-corrected chi connectivity index (χ2v) is 6.35. The largest absolute Gasteiger partial charge is 0.488 e. The van der Waals surface area contributed by atoms with Crippen LogP contribution < -0.4 is 16.0 Å². The molecule has 0 aliphatic carbocycles. The highest BCUT2D eigenvalue weighted by molar-refractivity contribution is 6.07. The number of H-pyrrole nitrogens is 1. The molecule has 1 aromatic carbocycles. The smallest absolute Gasteiger partial charge is 0.342 e. The van der Waals surface area contributed by atoms with Crippen LogP contribution in [0.2, 0.25) is 0 Å². The average molecular weight is 346 g/mol. The third kappa shape index (κ3) is 3.79. The zero-order chi connectivity index (χ0) is 18.9.